The lowest BCUT2D eigenvalue weighted by molar-refractivity contribution is 0.0781. The van der Waals surface area contributed by atoms with Crippen molar-refractivity contribution in [2.45, 2.75) is 26.7 Å². The van der Waals surface area contributed by atoms with E-state index in [1.165, 1.54) is 12.8 Å². The van der Waals surface area contributed by atoms with E-state index >= 15 is 0 Å². The molecular formula is C8H20O2Si. The summed E-state index contributed by atoms with van der Waals surface area (Å²) in [6, 6.07) is 0. The topological polar surface area (TPSA) is 18.5 Å². The van der Waals surface area contributed by atoms with Crippen LogP contribution >= 0.6 is 0 Å². The lowest BCUT2D eigenvalue weighted by atomic mass is 10.1. The van der Waals surface area contributed by atoms with Gasteiger partial charge in [-0.2, -0.15) is 0 Å². The SMILES string of the molecule is CCCC(C)COCCO[SiH3]. The lowest BCUT2D eigenvalue weighted by Crippen LogP contribution is -2.09. The van der Waals surface area contributed by atoms with E-state index in [1.54, 1.807) is 0 Å². The molecule has 0 aliphatic carbocycles. The largest absolute Gasteiger partial charge is 0.426 e. The summed E-state index contributed by atoms with van der Waals surface area (Å²) >= 11 is 0. The van der Waals surface area contributed by atoms with E-state index in [2.05, 4.69) is 13.8 Å². The zero-order chi connectivity index (χ0) is 8.53. The Bertz CT molecular complexity index is 78.5. The summed E-state index contributed by atoms with van der Waals surface area (Å²) in [5.74, 6) is 0.703. The van der Waals surface area contributed by atoms with Gasteiger partial charge in [-0.25, -0.2) is 0 Å². The molecule has 0 aromatic heterocycles. The fraction of sp³-hybridized carbons (Fsp3) is 1.00. The highest BCUT2D eigenvalue weighted by Crippen LogP contribution is 2.04. The maximum atomic E-state index is 5.39. The highest BCUT2D eigenvalue weighted by Gasteiger charge is 1.99. The van der Waals surface area contributed by atoms with Gasteiger partial charge in [0.15, 0.2) is 0 Å². The van der Waals surface area contributed by atoms with Crippen LogP contribution in [0.2, 0.25) is 0 Å². The maximum absolute atomic E-state index is 5.39. The molecule has 0 amide bonds. The van der Waals surface area contributed by atoms with E-state index in [0.29, 0.717) is 5.92 Å². The third kappa shape index (κ3) is 8.04. The predicted molar refractivity (Wildman–Crippen MR) is 50.8 cm³/mol. The zero-order valence-electron chi connectivity index (χ0n) is 7.93. The van der Waals surface area contributed by atoms with Crippen LogP contribution in [0.15, 0.2) is 0 Å². The summed E-state index contributed by atoms with van der Waals surface area (Å²) in [7, 11) is 0.824. The van der Waals surface area contributed by atoms with Gasteiger partial charge in [-0.3, -0.25) is 0 Å². The summed E-state index contributed by atoms with van der Waals surface area (Å²) in [5, 5.41) is 0. The van der Waals surface area contributed by atoms with Crippen LogP contribution in [0.3, 0.4) is 0 Å². The van der Waals surface area contributed by atoms with Gasteiger partial charge in [0.2, 0.25) is 0 Å². The second-order valence-electron chi connectivity index (χ2n) is 2.96. The van der Waals surface area contributed by atoms with Crippen LogP contribution in [0.4, 0.5) is 0 Å². The molecule has 0 saturated carbocycles. The van der Waals surface area contributed by atoms with Crippen molar-refractivity contribution in [2.75, 3.05) is 19.8 Å². The summed E-state index contributed by atoms with van der Waals surface area (Å²) in [4.78, 5) is 0. The van der Waals surface area contributed by atoms with Gasteiger partial charge in [0, 0.05) is 6.61 Å². The van der Waals surface area contributed by atoms with E-state index in [0.717, 1.165) is 30.3 Å². The molecule has 0 radical (unpaired) electrons. The van der Waals surface area contributed by atoms with Gasteiger partial charge in [0.05, 0.1) is 13.2 Å². The molecule has 1 unspecified atom stereocenters. The van der Waals surface area contributed by atoms with Crippen molar-refractivity contribution in [1.29, 1.82) is 0 Å². The lowest BCUT2D eigenvalue weighted by Gasteiger charge is -2.09. The minimum Gasteiger partial charge on any atom is -0.426 e. The monoisotopic (exact) mass is 176 g/mol. The standard InChI is InChI=1S/C8H20O2Si/c1-3-4-8(2)7-9-5-6-10-11/h8H,3-7H2,1-2,11H3. The van der Waals surface area contributed by atoms with E-state index in [9.17, 15) is 0 Å². The quantitative estimate of drug-likeness (QED) is 0.421. The van der Waals surface area contributed by atoms with Gasteiger partial charge in [0.25, 0.3) is 0 Å². The molecule has 68 valence electrons. The molecule has 0 spiro atoms. The number of ether oxygens (including phenoxy) is 1. The summed E-state index contributed by atoms with van der Waals surface area (Å²) < 4.78 is 10.4. The molecule has 0 saturated heterocycles. The van der Waals surface area contributed by atoms with Crippen molar-refractivity contribution in [2.24, 2.45) is 5.92 Å². The second-order valence-corrected chi connectivity index (χ2v) is 3.54. The Kier molecular flexibility index (Phi) is 8.34. The first-order valence-electron chi connectivity index (χ1n) is 4.38. The first-order valence-corrected chi connectivity index (χ1v) is 5.19. The molecule has 1 atom stereocenters. The van der Waals surface area contributed by atoms with Crippen LogP contribution in [0.25, 0.3) is 0 Å². The summed E-state index contributed by atoms with van der Waals surface area (Å²) in [6.07, 6.45) is 2.52. The first kappa shape index (κ1) is 11.1. The minimum absolute atomic E-state index is 0.703. The molecule has 0 aromatic carbocycles. The van der Waals surface area contributed by atoms with Gasteiger partial charge >= 0.3 is 0 Å². The van der Waals surface area contributed by atoms with Gasteiger partial charge in [-0.1, -0.05) is 20.3 Å². The van der Waals surface area contributed by atoms with E-state index < -0.39 is 0 Å². The van der Waals surface area contributed by atoms with Crippen LogP contribution in [0, 0.1) is 5.92 Å². The average molecular weight is 176 g/mol. The molecule has 0 aromatic rings. The van der Waals surface area contributed by atoms with Crippen LogP contribution in [0.5, 0.6) is 0 Å². The molecule has 2 nitrogen and oxygen atoms in total. The summed E-state index contributed by atoms with van der Waals surface area (Å²) in [5.41, 5.74) is 0. The fourth-order valence-electron chi connectivity index (χ4n) is 1.00. The molecule has 0 N–H and O–H groups in total. The van der Waals surface area contributed by atoms with Crippen LogP contribution in [-0.2, 0) is 9.16 Å². The number of hydrogen-bond acceptors (Lipinski definition) is 2. The minimum atomic E-state index is 0.703. The third-order valence-corrected chi connectivity index (χ3v) is 2.02. The van der Waals surface area contributed by atoms with Crippen molar-refractivity contribution in [3.05, 3.63) is 0 Å². The zero-order valence-corrected chi connectivity index (χ0v) is 9.93. The Labute approximate surface area is 72.8 Å². The van der Waals surface area contributed by atoms with Gasteiger partial charge in [-0.15, -0.1) is 0 Å². The Morgan fingerprint density at radius 3 is 2.64 bits per heavy atom. The molecule has 0 aliphatic rings. The van der Waals surface area contributed by atoms with E-state index in [1.807, 2.05) is 0 Å². The average Bonchev–Trinajstić information content (AvgIpc) is 1.99. The normalized spacial score (nSPS) is 13.6. The summed E-state index contributed by atoms with van der Waals surface area (Å²) in [6.45, 7) is 6.85. The fourth-order valence-corrected chi connectivity index (χ4v) is 1.17. The van der Waals surface area contributed by atoms with Crippen LogP contribution < -0.4 is 0 Å². The second kappa shape index (κ2) is 8.24. The van der Waals surface area contributed by atoms with E-state index in [4.69, 9.17) is 9.16 Å². The van der Waals surface area contributed by atoms with Crippen molar-refractivity contribution in [3.8, 4) is 0 Å². The molecule has 0 bridgehead atoms. The van der Waals surface area contributed by atoms with Crippen molar-refractivity contribution < 1.29 is 9.16 Å². The molecule has 3 heteroatoms. The molecular weight excluding hydrogens is 156 g/mol. The predicted octanol–water partition coefficient (Wildman–Crippen LogP) is 0.736. The molecule has 11 heavy (non-hydrogen) atoms. The Morgan fingerprint density at radius 1 is 1.36 bits per heavy atom. The highest BCUT2D eigenvalue weighted by molar-refractivity contribution is 5.97. The van der Waals surface area contributed by atoms with Gasteiger partial charge in [-0.05, 0) is 12.3 Å². The Morgan fingerprint density at radius 2 is 2.09 bits per heavy atom. The smallest absolute Gasteiger partial charge is 0.146 e. The Balaban J connectivity index is 2.97. The highest BCUT2D eigenvalue weighted by atomic mass is 28.2. The van der Waals surface area contributed by atoms with Crippen molar-refractivity contribution >= 4 is 10.5 Å². The maximum Gasteiger partial charge on any atom is 0.146 e. The number of hydrogen-bond donors (Lipinski definition) is 0. The van der Waals surface area contributed by atoms with E-state index in [-0.39, 0.29) is 0 Å². The molecule has 0 rings (SSSR count). The first-order chi connectivity index (χ1) is 5.31. The van der Waals surface area contributed by atoms with Crippen molar-refractivity contribution in [1.82, 2.24) is 0 Å². The molecule has 0 fully saturated rings. The van der Waals surface area contributed by atoms with Crippen LogP contribution in [-0.4, -0.2) is 30.3 Å². The molecule has 0 heterocycles. The number of rotatable bonds is 7. The van der Waals surface area contributed by atoms with Crippen molar-refractivity contribution in [3.63, 3.8) is 0 Å². The molecule has 0 aliphatic heterocycles. The van der Waals surface area contributed by atoms with Crippen LogP contribution in [0.1, 0.15) is 26.7 Å². The Hall–Kier alpha value is 0.137. The van der Waals surface area contributed by atoms with Gasteiger partial charge < -0.3 is 9.16 Å². The van der Waals surface area contributed by atoms with Gasteiger partial charge in [0.1, 0.15) is 10.5 Å². The third-order valence-electron chi connectivity index (χ3n) is 1.62.